The van der Waals surface area contributed by atoms with E-state index in [0.717, 1.165) is 46.8 Å². The molecule has 1 aromatic carbocycles. The zero-order valence-electron chi connectivity index (χ0n) is 24.2. The third kappa shape index (κ3) is 7.21. The van der Waals surface area contributed by atoms with Gasteiger partial charge in [0.05, 0.1) is 44.4 Å². The Morgan fingerprint density at radius 3 is 2.34 bits per heavy atom. The summed E-state index contributed by atoms with van der Waals surface area (Å²) in [5.74, 6) is -2.67. The fourth-order valence-corrected chi connectivity index (χ4v) is 5.38. The molecular formula is C30H34N4O10. The topological polar surface area (TPSA) is 214 Å². The molecule has 3 heterocycles. The van der Waals surface area contributed by atoms with Gasteiger partial charge in [-0.3, -0.25) is 14.6 Å². The van der Waals surface area contributed by atoms with Gasteiger partial charge in [-0.1, -0.05) is 0 Å². The summed E-state index contributed by atoms with van der Waals surface area (Å²) in [7, 11) is 1.65. The lowest BCUT2D eigenvalue weighted by Gasteiger charge is -2.37. The zero-order valence-corrected chi connectivity index (χ0v) is 24.2. The summed E-state index contributed by atoms with van der Waals surface area (Å²) in [4.78, 5) is 40.2. The minimum atomic E-state index is -2.74. The van der Waals surface area contributed by atoms with Crippen LogP contribution in [0.3, 0.4) is 0 Å². The number of aliphatic hydroxyl groups is 2. The number of fused-ring (bicyclic) bond motifs is 3. The van der Waals surface area contributed by atoms with Gasteiger partial charge in [0.25, 0.3) is 0 Å². The Morgan fingerprint density at radius 1 is 1.07 bits per heavy atom. The maximum absolute atomic E-state index is 10.3. The quantitative estimate of drug-likeness (QED) is 0.224. The Morgan fingerprint density at radius 2 is 1.80 bits per heavy atom. The number of carbonyl (C=O) groups is 3. The number of aliphatic imine (C=N–C) groups is 1. The highest BCUT2D eigenvalue weighted by Crippen LogP contribution is 2.45. The molecule has 0 unspecified atom stereocenters. The van der Waals surface area contributed by atoms with Crippen LogP contribution in [-0.2, 0) is 14.4 Å². The van der Waals surface area contributed by atoms with Gasteiger partial charge in [-0.2, -0.15) is 5.10 Å². The number of rotatable bonds is 10. The van der Waals surface area contributed by atoms with Crippen molar-refractivity contribution in [1.29, 1.82) is 0 Å². The van der Waals surface area contributed by atoms with E-state index in [2.05, 4.69) is 16.1 Å². The van der Waals surface area contributed by atoms with Crippen LogP contribution >= 0.6 is 0 Å². The Kier molecular flexibility index (Phi) is 9.96. The summed E-state index contributed by atoms with van der Waals surface area (Å²) in [6.07, 6.45) is 5.22. The molecule has 14 heteroatoms. The van der Waals surface area contributed by atoms with Crippen molar-refractivity contribution in [3.05, 3.63) is 65.6 Å². The zero-order chi connectivity index (χ0) is 32.0. The van der Waals surface area contributed by atoms with Crippen molar-refractivity contribution in [2.75, 3.05) is 13.7 Å². The molecule has 2 aliphatic rings. The highest BCUT2D eigenvalue weighted by atomic mass is 16.5. The summed E-state index contributed by atoms with van der Waals surface area (Å²) in [5, 5.41) is 48.4. The molecule has 0 bridgehead atoms. The highest BCUT2D eigenvalue weighted by Gasteiger charge is 2.41. The first-order chi connectivity index (χ1) is 20.9. The predicted molar refractivity (Wildman–Crippen MR) is 155 cm³/mol. The van der Waals surface area contributed by atoms with Crippen LogP contribution in [0.15, 0.2) is 53.9 Å². The number of pyridine rings is 1. The highest BCUT2D eigenvalue weighted by molar-refractivity contribution is 6.14. The van der Waals surface area contributed by atoms with Crippen LogP contribution in [0.4, 0.5) is 0 Å². The Balaban J connectivity index is 0.000000289. The molecule has 0 spiro atoms. The number of benzene rings is 1. The number of hydrogen-bond acceptors (Lipinski definition) is 10. The van der Waals surface area contributed by atoms with Crippen LogP contribution in [0.1, 0.15) is 61.6 Å². The van der Waals surface area contributed by atoms with E-state index in [-0.39, 0.29) is 18.1 Å². The molecule has 3 atom stereocenters. The Bertz CT molecular complexity index is 1510. The van der Waals surface area contributed by atoms with Crippen LogP contribution in [0.5, 0.6) is 11.5 Å². The van der Waals surface area contributed by atoms with E-state index in [4.69, 9.17) is 34.9 Å². The number of nitrogens with zero attached hydrogens (tertiary/aromatic N) is 4. The normalized spacial score (nSPS) is 18.9. The molecular weight excluding hydrogens is 576 g/mol. The first kappa shape index (κ1) is 32.1. The van der Waals surface area contributed by atoms with Crippen molar-refractivity contribution < 1.29 is 49.4 Å². The van der Waals surface area contributed by atoms with Gasteiger partial charge in [0.2, 0.25) is 0 Å². The molecule has 0 saturated heterocycles. The van der Waals surface area contributed by atoms with Crippen molar-refractivity contribution >= 4 is 23.6 Å². The van der Waals surface area contributed by atoms with Crippen LogP contribution in [-0.4, -0.2) is 95.4 Å². The van der Waals surface area contributed by atoms with Gasteiger partial charge in [-0.15, -0.1) is 0 Å². The number of hydrogen-bond donors (Lipinski definition) is 5. The van der Waals surface area contributed by atoms with Crippen molar-refractivity contribution in [2.24, 2.45) is 4.99 Å². The SMILES string of the molecule is CCOc1cc2c(cc1OC)C(c1ccc(-n3cccn3)nc1)=N[C@@H]1CC[C@@H](O)C[C@H]21.O=C(O)CC(O)(CC(=O)O)C(=O)O. The van der Waals surface area contributed by atoms with E-state index < -0.39 is 36.4 Å². The average molecular weight is 611 g/mol. The second-order valence-electron chi connectivity index (χ2n) is 10.5. The summed E-state index contributed by atoms with van der Waals surface area (Å²) in [5.41, 5.74) is 1.30. The maximum Gasteiger partial charge on any atom is 0.336 e. The Hall–Kier alpha value is -4.82. The summed E-state index contributed by atoms with van der Waals surface area (Å²) in [6.45, 7) is 2.53. The largest absolute Gasteiger partial charge is 0.493 e. The summed E-state index contributed by atoms with van der Waals surface area (Å²) in [6, 6.07) is 10.1. The van der Waals surface area contributed by atoms with Gasteiger partial charge in [0, 0.05) is 35.6 Å². The summed E-state index contributed by atoms with van der Waals surface area (Å²) < 4.78 is 13.2. The molecule has 2 aromatic heterocycles. The smallest absolute Gasteiger partial charge is 0.336 e. The van der Waals surface area contributed by atoms with Crippen LogP contribution in [0.2, 0.25) is 0 Å². The number of carboxylic acid groups (broad SMARTS) is 3. The van der Waals surface area contributed by atoms with Crippen LogP contribution < -0.4 is 9.47 Å². The third-order valence-corrected chi connectivity index (χ3v) is 7.42. The monoisotopic (exact) mass is 610 g/mol. The van der Waals surface area contributed by atoms with Crippen molar-refractivity contribution in [1.82, 2.24) is 14.8 Å². The standard InChI is InChI=1S/C24H26N4O3.C6H8O7/c1-3-31-22-12-17-18-11-16(29)6-7-20(18)27-24(19(17)13-21(22)30-2)15-5-8-23(25-14-15)28-10-4-9-26-28;7-3(8)1-6(13,5(11)12)2-4(9)10/h4-5,8-10,12-14,16,18,20,29H,3,6-7,11H2,1-2H3;13H,1-2H2,(H,7,8)(H,9,10)(H,11,12)/t16-,18-,20-;/m1./s1. The van der Waals surface area contributed by atoms with Gasteiger partial charge >= 0.3 is 17.9 Å². The van der Waals surface area contributed by atoms with Gasteiger partial charge in [-0.05, 0) is 62.1 Å². The summed E-state index contributed by atoms with van der Waals surface area (Å²) >= 11 is 0. The van der Waals surface area contributed by atoms with Crippen molar-refractivity contribution in [3.8, 4) is 17.3 Å². The lowest BCUT2D eigenvalue weighted by atomic mass is 9.74. The molecule has 5 N–H and O–H groups in total. The fraction of sp³-hybridized carbons (Fsp3) is 0.400. The lowest BCUT2D eigenvalue weighted by Crippen LogP contribution is -2.42. The number of aliphatic hydroxyl groups excluding tert-OH is 1. The molecule has 3 aromatic rings. The maximum atomic E-state index is 10.3. The minimum absolute atomic E-state index is 0.138. The van der Waals surface area contributed by atoms with Crippen molar-refractivity contribution in [2.45, 2.75) is 62.7 Å². The predicted octanol–water partition coefficient (Wildman–Crippen LogP) is 2.27. The van der Waals surface area contributed by atoms with E-state index in [0.29, 0.717) is 18.8 Å². The van der Waals surface area contributed by atoms with E-state index in [1.54, 1.807) is 18.0 Å². The first-order valence-electron chi connectivity index (χ1n) is 13.9. The number of ether oxygens (including phenoxy) is 2. The van der Waals surface area contributed by atoms with Crippen LogP contribution in [0.25, 0.3) is 5.82 Å². The molecule has 1 aliphatic heterocycles. The van der Waals surface area contributed by atoms with Gasteiger partial charge < -0.3 is 35.0 Å². The van der Waals surface area contributed by atoms with E-state index in [1.807, 2.05) is 43.6 Å². The number of aliphatic carboxylic acids is 3. The third-order valence-electron chi connectivity index (χ3n) is 7.42. The van der Waals surface area contributed by atoms with E-state index in [9.17, 15) is 19.5 Å². The van der Waals surface area contributed by atoms with Crippen LogP contribution in [0, 0.1) is 0 Å². The minimum Gasteiger partial charge on any atom is -0.493 e. The molecule has 0 amide bonds. The molecule has 5 rings (SSSR count). The number of methoxy groups -OCH3 is 1. The van der Waals surface area contributed by atoms with Gasteiger partial charge in [0.15, 0.2) is 22.9 Å². The Labute approximate surface area is 252 Å². The molecule has 1 aliphatic carbocycles. The number of aromatic nitrogens is 3. The molecule has 234 valence electrons. The second kappa shape index (κ2) is 13.7. The average Bonchev–Trinajstić information content (AvgIpc) is 3.51. The van der Waals surface area contributed by atoms with Crippen molar-refractivity contribution in [3.63, 3.8) is 0 Å². The van der Waals surface area contributed by atoms with E-state index >= 15 is 0 Å². The molecule has 14 nitrogen and oxygen atoms in total. The van der Waals surface area contributed by atoms with Gasteiger partial charge in [-0.25, -0.2) is 14.5 Å². The molecule has 1 fully saturated rings. The lowest BCUT2D eigenvalue weighted by molar-refractivity contribution is -0.170. The fourth-order valence-electron chi connectivity index (χ4n) is 5.38. The second-order valence-corrected chi connectivity index (χ2v) is 10.5. The van der Waals surface area contributed by atoms with E-state index in [1.165, 1.54) is 0 Å². The molecule has 0 radical (unpaired) electrons. The molecule has 1 saturated carbocycles. The molecule has 44 heavy (non-hydrogen) atoms. The van der Waals surface area contributed by atoms with Gasteiger partial charge in [0.1, 0.15) is 0 Å². The first-order valence-corrected chi connectivity index (χ1v) is 13.9. The number of carboxylic acids is 3.